The van der Waals surface area contributed by atoms with E-state index in [0.717, 1.165) is 51.4 Å². The molecule has 5 aromatic heterocycles. The van der Waals surface area contributed by atoms with Gasteiger partial charge in [0.25, 0.3) is 0 Å². The van der Waals surface area contributed by atoms with E-state index in [4.69, 9.17) is 31.1 Å². The molecule has 0 aliphatic heterocycles. The zero-order chi connectivity index (χ0) is 40.2. The average molecular weight is 771 g/mol. The van der Waals surface area contributed by atoms with Gasteiger partial charge in [-0.25, -0.2) is 28.9 Å². The molecule has 5 aromatic rings. The van der Waals surface area contributed by atoms with E-state index in [1.807, 2.05) is 13.8 Å². The molecule has 5 rings (SSSR count). The predicted octanol–water partition coefficient (Wildman–Crippen LogP) is 6.91. The summed E-state index contributed by atoms with van der Waals surface area (Å²) >= 11 is 0. The quantitative estimate of drug-likeness (QED) is 0.0465. The summed E-state index contributed by atoms with van der Waals surface area (Å²) < 4.78 is 16.6. The molecule has 0 spiro atoms. The molecule has 20 nitrogen and oxygen atoms in total. The molecule has 4 N–H and O–H groups in total. The van der Waals surface area contributed by atoms with Gasteiger partial charge in [-0.05, 0) is 38.5 Å². The SMILES string of the molecule is CCCCOC(=O)c1cnn(C)c1/N=N/c1c(CCCC)nn(-c2cc(-n3nc(CCCC)c(/N=N/c4c(C(=O)OCCCC)cnn4C)c3N)ncn2)c1N. The maximum Gasteiger partial charge on any atom is 0.343 e. The maximum absolute atomic E-state index is 12.8. The van der Waals surface area contributed by atoms with Crippen molar-refractivity contribution in [1.82, 2.24) is 49.1 Å². The Morgan fingerprint density at radius 1 is 0.643 bits per heavy atom. The second-order valence-corrected chi connectivity index (χ2v) is 13.0. The minimum absolute atomic E-state index is 0.172. The van der Waals surface area contributed by atoms with Gasteiger partial charge in [-0.15, -0.1) is 20.5 Å². The van der Waals surface area contributed by atoms with Gasteiger partial charge in [-0.3, -0.25) is 0 Å². The number of nitrogen functional groups attached to an aromatic ring is 2. The lowest BCUT2D eigenvalue weighted by Crippen LogP contribution is -2.09. The highest BCUT2D eigenvalue weighted by atomic mass is 16.5. The molecule has 0 saturated heterocycles. The monoisotopic (exact) mass is 770 g/mol. The number of rotatable bonds is 20. The van der Waals surface area contributed by atoms with Crippen molar-refractivity contribution >= 4 is 46.6 Å². The van der Waals surface area contributed by atoms with E-state index >= 15 is 0 Å². The minimum atomic E-state index is -0.534. The Kier molecular flexibility index (Phi) is 14.1. The fourth-order valence-corrected chi connectivity index (χ4v) is 5.46. The molecule has 298 valence electrons. The van der Waals surface area contributed by atoms with Crippen molar-refractivity contribution < 1.29 is 19.1 Å². The predicted molar refractivity (Wildman–Crippen MR) is 207 cm³/mol. The standard InChI is InChI=1S/C36H50N16O4/c1-7-11-15-25-29(43-45-33-23(20-41-49(33)5)35(53)55-17-13-9-3)31(37)51(47-25)27-19-28(40-22-39-27)52-32(38)30(26(48-52)16-12-8-2)44-46-34-24(21-42-50(34)6)36(54)56-18-14-10-4/h19-22H,7-18,37-38H2,1-6H3/b45-43+,46-44+. The number of hydrogen-bond acceptors (Lipinski definition) is 16. The summed E-state index contributed by atoms with van der Waals surface area (Å²) in [5.41, 5.74) is 15.6. The van der Waals surface area contributed by atoms with Crippen LogP contribution in [0, 0.1) is 0 Å². The first-order chi connectivity index (χ1) is 27.1. The van der Waals surface area contributed by atoms with Crippen molar-refractivity contribution in [2.75, 3.05) is 24.7 Å². The number of anilines is 2. The second-order valence-electron chi connectivity index (χ2n) is 13.0. The van der Waals surface area contributed by atoms with Crippen molar-refractivity contribution in [3.8, 4) is 11.6 Å². The van der Waals surface area contributed by atoms with E-state index in [9.17, 15) is 9.59 Å². The van der Waals surface area contributed by atoms with E-state index in [1.54, 1.807) is 20.2 Å². The summed E-state index contributed by atoms with van der Waals surface area (Å²) in [7, 11) is 3.32. The van der Waals surface area contributed by atoms with Crippen LogP contribution >= 0.6 is 0 Å². The van der Waals surface area contributed by atoms with Gasteiger partial charge in [0.2, 0.25) is 0 Å². The number of carbonyl (C=O) groups is 2. The summed E-state index contributed by atoms with van der Waals surface area (Å²) in [6.45, 7) is 8.75. The molecule has 20 heteroatoms. The largest absolute Gasteiger partial charge is 0.462 e. The zero-order valence-corrected chi connectivity index (χ0v) is 32.8. The summed E-state index contributed by atoms with van der Waals surface area (Å²) in [6, 6.07) is 1.64. The van der Waals surface area contributed by atoms with Crippen LogP contribution in [-0.4, -0.2) is 74.2 Å². The van der Waals surface area contributed by atoms with Crippen molar-refractivity contribution in [1.29, 1.82) is 0 Å². The van der Waals surface area contributed by atoms with E-state index in [-0.39, 0.29) is 34.4 Å². The van der Waals surface area contributed by atoms with Crippen LogP contribution in [0.15, 0.2) is 45.2 Å². The molecule has 0 aromatic carbocycles. The molecule has 0 unspecified atom stereocenters. The third-order valence-corrected chi connectivity index (χ3v) is 8.74. The molecule has 0 aliphatic rings. The highest BCUT2D eigenvalue weighted by Crippen LogP contribution is 2.35. The van der Waals surface area contributed by atoms with Gasteiger partial charge in [0.05, 0.1) is 37.0 Å². The van der Waals surface area contributed by atoms with Gasteiger partial charge < -0.3 is 20.9 Å². The van der Waals surface area contributed by atoms with Crippen LogP contribution < -0.4 is 11.5 Å². The number of carbonyl (C=O) groups excluding carboxylic acids is 2. The summed E-state index contributed by atoms with van der Waals surface area (Å²) in [6.07, 6.45) is 12.0. The van der Waals surface area contributed by atoms with Crippen LogP contribution in [0.3, 0.4) is 0 Å². The molecule has 0 radical (unpaired) electrons. The number of unbranched alkanes of at least 4 members (excludes halogenated alkanes) is 4. The lowest BCUT2D eigenvalue weighted by molar-refractivity contribution is 0.0491. The molecule has 0 bridgehead atoms. The highest BCUT2D eigenvalue weighted by molar-refractivity contribution is 5.94. The summed E-state index contributed by atoms with van der Waals surface area (Å²) in [5, 5.41) is 35.6. The van der Waals surface area contributed by atoms with Crippen LogP contribution in [0.1, 0.15) is 111 Å². The van der Waals surface area contributed by atoms with Gasteiger partial charge in [0, 0.05) is 20.2 Å². The second kappa shape index (κ2) is 19.3. The third kappa shape index (κ3) is 9.29. The number of hydrogen-bond donors (Lipinski definition) is 2. The fraction of sp³-hybridized carbons (Fsp3) is 0.500. The number of aromatic nitrogens is 10. The van der Waals surface area contributed by atoms with Crippen LogP contribution in [-0.2, 0) is 36.4 Å². The van der Waals surface area contributed by atoms with Gasteiger partial charge in [-0.1, -0.05) is 53.4 Å². The van der Waals surface area contributed by atoms with E-state index in [1.165, 1.54) is 37.4 Å². The molecule has 0 saturated carbocycles. The number of ether oxygens (including phenoxy) is 2. The van der Waals surface area contributed by atoms with Crippen molar-refractivity contribution in [3.63, 3.8) is 0 Å². The van der Waals surface area contributed by atoms with E-state index in [2.05, 4.69) is 54.5 Å². The van der Waals surface area contributed by atoms with Crippen molar-refractivity contribution in [2.24, 2.45) is 34.6 Å². The highest BCUT2D eigenvalue weighted by Gasteiger charge is 2.24. The normalized spacial score (nSPS) is 11.7. The third-order valence-electron chi connectivity index (χ3n) is 8.74. The first kappa shape index (κ1) is 40.8. The van der Waals surface area contributed by atoms with Gasteiger partial charge in [-0.2, -0.15) is 29.8 Å². The molecule has 0 amide bonds. The molecule has 0 atom stereocenters. The molecule has 56 heavy (non-hydrogen) atoms. The number of azo groups is 2. The Hall–Kier alpha value is -6.34. The van der Waals surface area contributed by atoms with Crippen LogP contribution in [0.4, 0.5) is 34.6 Å². The number of aryl methyl sites for hydroxylation is 4. The van der Waals surface area contributed by atoms with Gasteiger partial charge in [0.1, 0.15) is 17.5 Å². The van der Waals surface area contributed by atoms with Crippen LogP contribution in [0.5, 0.6) is 0 Å². The number of esters is 2. The summed E-state index contributed by atoms with van der Waals surface area (Å²) in [4.78, 5) is 34.5. The molecular weight excluding hydrogens is 721 g/mol. The molecular formula is C36H50N16O4. The fourth-order valence-electron chi connectivity index (χ4n) is 5.46. The Morgan fingerprint density at radius 3 is 1.45 bits per heavy atom. The Labute approximate surface area is 324 Å². The Balaban J connectivity index is 1.49. The Bertz CT molecular complexity index is 2030. The first-order valence-corrected chi connectivity index (χ1v) is 18.9. The van der Waals surface area contributed by atoms with E-state index in [0.29, 0.717) is 60.5 Å². The first-order valence-electron chi connectivity index (χ1n) is 18.9. The minimum Gasteiger partial charge on any atom is -0.462 e. The molecule has 5 heterocycles. The molecule has 0 fully saturated rings. The smallest absolute Gasteiger partial charge is 0.343 e. The van der Waals surface area contributed by atoms with Gasteiger partial charge >= 0.3 is 11.9 Å². The van der Waals surface area contributed by atoms with Crippen LogP contribution in [0.25, 0.3) is 11.6 Å². The van der Waals surface area contributed by atoms with Crippen LogP contribution in [0.2, 0.25) is 0 Å². The maximum atomic E-state index is 12.8. The Morgan fingerprint density at radius 2 is 1.05 bits per heavy atom. The van der Waals surface area contributed by atoms with E-state index < -0.39 is 11.9 Å². The topological polar surface area (TPSA) is 251 Å². The lowest BCUT2D eigenvalue weighted by Gasteiger charge is -2.06. The van der Waals surface area contributed by atoms with Gasteiger partial charge in [0.15, 0.2) is 46.3 Å². The number of nitrogens with two attached hydrogens (primary N) is 2. The van der Waals surface area contributed by atoms with Crippen molar-refractivity contribution in [3.05, 3.63) is 47.3 Å². The van der Waals surface area contributed by atoms with Crippen molar-refractivity contribution in [2.45, 2.75) is 91.9 Å². The summed E-state index contributed by atoms with van der Waals surface area (Å²) in [5.74, 6) is 0.357. The average Bonchev–Trinajstić information content (AvgIpc) is 3.94. The lowest BCUT2D eigenvalue weighted by atomic mass is 10.2. The number of nitrogens with zero attached hydrogens (tertiary/aromatic N) is 14. The zero-order valence-electron chi connectivity index (χ0n) is 32.8. The molecule has 0 aliphatic carbocycles.